The number of aromatic nitrogens is 1. The normalized spacial score (nSPS) is 13.9. The Hall–Kier alpha value is -0.810. The first-order valence-electron chi connectivity index (χ1n) is 5.56. The lowest BCUT2D eigenvalue weighted by molar-refractivity contribution is 0.587. The highest BCUT2D eigenvalue weighted by Crippen LogP contribution is 2.09. The minimum atomic E-state index is -2.89. The zero-order chi connectivity index (χ0) is 12.2. The molecule has 0 saturated carbocycles. The minimum Gasteiger partial charge on any atom is -0.353 e. The Balaban J connectivity index is 2.55. The van der Waals surface area contributed by atoms with Gasteiger partial charge in [0.2, 0.25) is 0 Å². The van der Waals surface area contributed by atoms with Crippen LogP contribution >= 0.6 is 0 Å². The Kier molecular flexibility index (Phi) is 4.56. The smallest absolute Gasteiger partial charge is 0.152 e. The van der Waals surface area contributed by atoms with E-state index in [0.717, 1.165) is 5.56 Å². The predicted octanol–water partition coefficient (Wildman–Crippen LogP) is 1.33. The molecular formula is C11H20N2O2S. The summed E-state index contributed by atoms with van der Waals surface area (Å²) >= 11 is 0. The maximum absolute atomic E-state index is 11.5. The molecule has 0 aliphatic rings. The van der Waals surface area contributed by atoms with Crippen molar-refractivity contribution in [1.29, 1.82) is 0 Å². The van der Waals surface area contributed by atoms with Gasteiger partial charge in [-0.2, -0.15) is 0 Å². The van der Waals surface area contributed by atoms with Gasteiger partial charge in [0.1, 0.15) is 0 Å². The van der Waals surface area contributed by atoms with E-state index in [1.165, 1.54) is 0 Å². The van der Waals surface area contributed by atoms with Crippen molar-refractivity contribution in [3.8, 4) is 0 Å². The molecule has 5 heteroatoms. The Bertz CT molecular complexity index is 421. The predicted molar refractivity (Wildman–Crippen MR) is 66.0 cm³/mol. The van der Waals surface area contributed by atoms with Gasteiger partial charge in [-0.1, -0.05) is 6.92 Å². The molecule has 0 aromatic carbocycles. The highest BCUT2D eigenvalue weighted by molar-refractivity contribution is 7.91. The molecule has 0 bridgehead atoms. The van der Waals surface area contributed by atoms with Crippen LogP contribution in [0, 0.1) is 0 Å². The van der Waals surface area contributed by atoms with Crippen LogP contribution < -0.4 is 5.73 Å². The Labute approximate surface area is 97.4 Å². The first kappa shape index (κ1) is 13.3. The number of nitrogens with zero attached hydrogens (tertiary/aromatic N) is 1. The third-order valence-corrected chi connectivity index (χ3v) is 4.31. The summed E-state index contributed by atoms with van der Waals surface area (Å²) in [6.07, 6.45) is 4.46. The van der Waals surface area contributed by atoms with Crippen molar-refractivity contribution in [1.82, 2.24) is 4.57 Å². The van der Waals surface area contributed by atoms with Crippen LogP contribution in [0.25, 0.3) is 0 Å². The van der Waals surface area contributed by atoms with Gasteiger partial charge in [-0.15, -0.1) is 0 Å². The molecule has 0 aliphatic carbocycles. The largest absolute Gasteiger partial charge is 0.353 e. The molecule has 1 aromatic rings. The zero-order valence-electron chi connectivity index (χ0n) is 9.89. The molecule has 0 amide bonds. The molecule has 1 aromatic heterocycles. The van der Waals surface area contributed by atoms with Crippen molar-refractivity contribution in [2.45, 2.75) is 32.9 Å². The highest BCUT2D eigenvalue weighted by atomic mass is 32.2. The fraction of sp³-hybridized carbons (Fsp3) is 0.636. The van der Waals surface area contributed by atoms with E-state index < -0.39 is 9.84 Å². The Morgan fingerprint density at radius 2 is 2.12 bits per heavy atom. The molecule has 0 saturated heterocycles. The van der Waals surface area contributed by atoms with Gasteiger partial charge in [-0.3, -0.25) is 0 Å². The average molecular weight is 244 g/mol. The second-order valence-electron chi connectivity index (χ2n) is 4.12. The number of hydrogen-bond acceptors (Lipinski definition) is 3. The molecule has 1 rings (SSSR count). The van der Waals surface area contributed by atoms with Crippen molar-refractivity contribution in [2.24, 2.45) is 5.73 Å². The number of sulfone groups is 1. The average Bonchev–Trinajstić information content (AvgIpc) is 2.63. The third kappa shape index (κ3) is 3.98. The van der Waals surface area contributed by atoms with Gasteiger partial charge in [0.25, 0.3) is 0 Å². The van der Waals surface area contributed by atoms with Gasteiger partial charge in [0.15, 0.2) is 9.84 Å². The third-order valence-electron chi connectivity index (χ3n) is 2.47. The Morgan fingerprint density at radius 3 is 2.62 bits per heavy atom. The van der Waals surface area contributed by atoms with E-state index >= 15 is 0 Å². The fourth-order valence-electron chi connectivity index (χ4n) is 1.53. The van der Waals surface area contributed by atoms with E-state index in [1.807, 2.05) is 36.9 Å². The molecule has 16 heavy (non-hydrogen) atoms. The molecule has 1 unspecified atom stereocenters. The summed E-state index contributed by atoms with van der Waals surface area (Å²) in [5.74, 6) is 0.475. The summed E-state index contributed by atoms with van der Waals surface area (Å²) in [5, 5.41) is 0. The molecule has 1 heterocycles. The highest BCUT2D eigenvalue weighted by Gasteiger charge is 2.09. The summed E-state index contributed by atoms with van der Waals surface area (Å²) in [4.78, 5) is 0. The second-order valence-corrected chi connectivity index (χ2v) is 6.43. The van der Waals surface area contributed by atoms with Gasteiger partial charge in [-0.05, 0) is 25.0 Å². The van der Waals surface area contributed by atoms with Crippen LogP contribution in [0.15, 0.2) is 18.5 Å². The summed E-state index contributed by atoms with van der Waals surface area (Å²) in [7, 11) is -2.89. The van der Waals surface area contributed by atoms with Crippen LogP contribution in [-0.2, 0) is 16.4 Å². The SMILES string of the molecule is CCCS(=O)(=O)CCn1ccc(C(C)N)c1. The van der Waals surface area contributed by atoms with Crippen LogP contribution in [0.4, 0.5) is 0 Å². The molecule has 2 N–H and O–H groups in total. The van der Waals surface area contributed by atoms with Gasteiger partial charge >= 0.3 is 0 Å². The van der Waals surface area contributed by atoms with Gasteiger partial charge < -0.3 is 10.3 Å². The lowest BCUT2D eigenvalue weighted by Crippen LogP contribution is -2.15. The monoisotopic (exact) mass is 244 g/mol. The van der Waals surface area contributed by atoms with E-state index in [0.29, 0.717) is 13.0 Å². The first-order chi connectivity index (χ1) is 7.44. The molecule has 92 valence electrons. The lowest BCUT2D eigenvalue weighted by atomic mass is 10.2. The minimum absolute atomic E-state index is 0.00602. The molecule has 4 nitrogen and oxygen atoms in total. The summed E-state index contributed by atoms with van der Waals surface area (Å²) in [6.45, 7) is 4.30. The van der Waals surface area contributed by atoms with Crippen molar-refractivity contribution >= 4 is 9.84 Å². The summed E-state index contributed by atoms with van der Waals surface area (Å²) in [5.41, 5.74) is 6.76. The Morgan fingerprint density at radius 1 is 1.44 bits per heavy atom. The molecule has 0 fully saturated rings. The molecule has 0 radical (unpaired) electrons. The maximum Gasteiger partial charge on any atom is 0.152 e. The summed E-state index contributed by atoms with van der Waals surface area (Å²) in [6, 6.07) is 1.92. The van der Waals surface area contributed by atoms with Gasteiger partial charge in [0, 0.05) is 30.7 Å². The van der Waals surface area contributed by atoms with Crippen LogP contribution in [0.2, 0.25) is 0 Å². The quantitative estimate of drug-likeness (QED) is 0.821. The first-order valence-corrected chi connectivity index (χ1v) is 7.38. The van der Waals surface area contributed by atoms with Crippen LogP contribution in [0.5, 0.6) is 0 Å². The molecule has 0 spiro atoms. The van der Waals surface area contributed by atoms with E-state index in [4.69, 9.17) is 5.73 Å². The maximum atomic E-state index is 11.5. The number of aryl methyl sites for hydroxylation is 1. The zero-order valence-corrected chi connectivity index (χ0v) is 10.7. The van der Waals surface area contributed by atoms with Crippen molar-refractivity contribution < 1.29 is 8.42 Å². The number of nitrogens with two attached hydrogens (primary N) is 1. The summed E-state index contributed by atoms with van der Waals surface area (Å²) < 4.78 is 24.9. The second kappa shape index (κ2) is 5.50. The number of rotatable bonds is 6. The lowest BCUT2D eigenvalue weighted by Gasteiger charge is -2.04. The van der Waals surface area contributed by atoms with Crippen molar-refractivity contribution in [3.05, 3.63) is 24.0 Å². The van der Waals surface area contributed by atoms with Gasteiger partial charge in [0.05, 0.1) is 5.75 Å². The van der Waals surface area contributed by atoms with E-state index in [1.54, 1.807) is 0 Å². The topological polar surface area (TPSA) is 65.1 Å². The van der Waals surface area contributed by atoms with E-state index in [9.17, 15) is 8.42 Å². The van der Waals surface area contributed by atoms with E-state index in [-0.39, 0.29) is 17.5 Å². The van der Waals surface area contributed by atoms with Gasteiger partial charge in [-0.25, -0.2) is 8.42 Å². The van der Waals surface area contributed by atoms with Crippen LogP contribution in [-0.4, -0.2) is 24.5 Å². The van der Waals surface area contributed by atoms with Crippen LogP contribution in [0.1, 0.15) is 31.9 Å². The molecular weight excluding hydrogens is 224 g/mol. The van der Waals surface area contributed by atoms with Crippen molar-refractivity contribution in [3.63, 3.8) is 0 Å². The van der Waals surface area contributed by atoms with Crippen molar-refractivity contribution in [2.75, 3.05) is 11.5 Å². The van der Waals surface area contributed by atoms with Crippen LogP contribution in [0.3, 0.4) is 0 Å². The fourth-order valence-corrected chi connectivity index (χ4v) is 2.84. The standard InChI is InChI=1S/C11H20N2O2S/c1-3-7-16(14,15)8-6-13-5-4-11(9-13)10(2)12/h4-5,9-10H,3,6-8,12H2,1-2H3. The molecule has 0 aliphatic heterocycles. The molecule has 1 atom stereocenters. The van der Waals surface area contributed by atoms with E-state index in [2.05, 4.69) is 0 Å². The number of hydrogen-bond donors (Lipinski definition) is 1.